The summed E-state index contributed by atoms with van der Waals surface area (Å²) in [7, 11) is 0. The second-order valence-electron chi connectivity index (χ2n) is 7.18. The Hall–Kier alpha value is -2.97. The summed E-state index contributed by atoms with van der Waals surface area (Å²) < 4.78 is 16.0. The number of benzene rings is 2. The highest BCUT2D eigenvalue weighted by Crippen LogP contribution is 2.29. The molecule has 0 saturated carbocycles. The summed E-state index contributed by atoms with van der Waals surface area (Å²) in [5.74, 6) is 0.00866. The molecule has 0 amide bonds. The van der Waals surface area contributed by atoms with Crippen LogP contribution in [-0.2, 0) is 0 Å². The predicted octanol–water partition coefficient (Wildman–Crippen LogP) is 6.11. The van der Waals surface area contributed by atoms with Gasteiger partial charge in [0.1, 0.15) is 5.82 Å². The Morgan fingerprint density at radius 1 is 1.10 bits per heavy atom. The van der Waals surface area contributed by atoms with E-state index in [4.69, 9.17) is 0 Å². The van der Waals surface area contributed by atoms with Gasteiger partial charge in [-0.2, -0.15) is 0 Å². The first-order valence-electron chi connectivity index (χ1n) is 9.69. The van der Waals surface area contributed by atoms with Gasteiger partial charge in [0.15, 0.2) is 10.1 Å². The first-order chi connectivity index (χ1) is 14.9. The van der Waals surface area contributed by atoms with Crippen LogP contribution in [0.4, 0.5) is 15.2 Å². The lowest BCUT2D eigenvalue weighted by molar-refractivity contribution is 0.102. The van der Waals surface area contributed by atoms with Crippen LogP contribution in [0, 0.1) is 26.6 Å². The zero-order valence-electron chi connectivity index (χ0n) is 17.3. The molecule has 0 spiro atoms. The Labute approximate surface area is 188 Å². The molecular weight excluding hydrogens is 431 g/mol. The number of ketones is 1. The Morgan fingerprint density at radius 3 is 2.61 bits per heavy atom. The van der Waals surface area contributed by atoms with Crippen molar-refractivity contribution in [2.24, 2.45) is 0 Å². The molecule has 2 aromatic carbocycles. The maximum absolute atomic E-state index is 13.3. The Morgan fingerprint density at radius 2 is 1.87 bits per heavy atom. The maximum atomic E-state index is 13.3. The van der Waals surface area contributed by atoms with Crippen LogP contribution in [0.2, 0.25) is 0 Å². The van der Waals surface area contributed by atoms with Crippen LogP contribution in [0.25, 0.3) is 5.69 Å². The molecular formula is C23H21FN4OS2. The number of hydrogen-bond donors (Lipinski definition) is 1. The van der Waals surface area contributed by atoms with Crippen molar-refractivity contribution in [2.45, 2.75) is 25.1 Å². The van der Waals surface area contributed by atoms with E-state index in [1.165, 1.54) is 35.2 Å². The molecule has 0 aliphatic rings. The lowest BCUT2D eigenvalue weighted by Crippen LogP contribution is -2.05. The van der Waals surface area contributed by atoms with E-state index in [0.717, 1.165) is 32.7 Å². The summed E-state index contributed by atoms with van der Waals surface area (Å²) in [4.78, 5) is 12.9. The topological polar surface area (TPSA) is 59.8 Å². The minimum Gasteiger partial charge on any atom is -0.330 e. The number of nitrogens with zero attached hydrogens (tertiary/aromatic N) is 3. The van der Waals surface area contributed by atoms with Crippen molar-refractivity contribution >= 4 is 39.7 Å². The van der Waals surface area contributed by atoms with Crippen molar-refractivity contribution < 1.29 is 9.18 Å². The molecule has 0 saturated heterocycles. The maximum Gasteiger partial charge on any atom is 0.210 e. The zero-order valence-corrected chi connectivity index (χ0v) is 19.0. The molecule has 0 aliphatic heterocycles. The fraction of sp³-hybridized carbons (Fsp3) is 0.174. The summed E-state index contributed by atoms with van der Waals surface area (Å²) in [6.45, 7) is 5.88. The summed E-state index contributed by atoms with van der Waals surface area (Å²) in [5, 5.41) is 12.3. The average Bonchev–Trinajstić information content (AvgIpc) is 3.30. The molecule has 0 radical (unpaired) electrons. The molecule has 0 aliphatic carbocycles. The minimum absolute atomic E-state index is 0.0230. The highest BCUT2D eigenvalue weighted by Gasteiger charge is 2.18. The number of hydrogen-bond acceptors (Lipinski definition) is 6. The Kier molecular flexibility index (Phi) is 6.20. The molecule has 4 rings (SSSR count). The number of nitrogens with one attached hydrogen (secondary N) is 1. The van der Waals surface area contributed by atoms with Gasteiger partial charge in [0, 0.05) is 28.3 Å². The van der Waals surface area contributed by atoms with E-state index in [-0.39, 0.29) is 17.4 Å². The van der Waals surface area contributed by atoms with Crippen molar-refractivity contribution in [3.8, 4) is 5.69 Å². The lowest BCUT2D eigenvalue weighted by atomic mass is 10.2. The molecule has 2 heterocycles. The van der Waals surface area contributed by atoms with Gasteiger partial charge >= 0.3 is 0 Å². The molecule has 158 valence electrons. The smallest absolute Gasteiger partial charge is 0.210 e. The monoisotopic (exact) mass is 452 g/mol. The van der Waals surface area contributed by atoms with Gasteiger partial charge in [-0.3, -0.25) is 4.79 Å². The molecule has 0 bridgehead atoms. The highest BCUT2D eigenvalue weighted by atomic mass is 32.2. The van der Waals surface area contributed by atoms with Crippen LogP contribution in [0.3, 0.4) is 0 Å². The molecule has 0 unspecified atom stereocenters. The third kappa shape index (κ3) is 4.86. The van der Waals surface area contributed by atoms with Crippen molar-refractivity contribution in [2.75, 3.05) is 11.1 Å². The number of aromatic nitrogens is 3. The molecule has 31 heavy (non-hydrogen) atoms. The van der Waals surface area contributed by atoms with E-state index in [1.54, 1.807) is 12.1 Å². The molecule has 5 nitrogen and oxygen atoms in total. The molecule has 0 fully saturated rings. The van der Waals surface area contributed by atoms with Crippen LogP contribution in [0.5, 0.6) is 0 Å². The van der Waals surface area contributed by atoms with Crippen LogP contribution in [0.1, 0.15) is 27.3 Å². The van der Waals surface area contributed by atoms with Crippen molar-refractivity contribution in [1.82, 2.24) is 14.8 Å². The van der Waals surface area contributed by atoms with Gasteiger partial charge < -0.3 is 9.88 Å². The lowest BCUT2D eigenvalue weighted by Gasteiger charge is -2.09. The fourth-order valence-electron chi connectivity index (χ4n) is 3.40. The van der Waals surface area contributed by atoms with E-state index in [9.17, 15) is 9.18 Å². The first-order valence-corrected chi connectivity index (χ1v) is 11.5. The quantitative estimate of drug-likeness (QED) is 0.271. The number of thioether (sulfide) groups is 1. The molecule has 0 atom stereocenters. The molecule has 4 aromatic rings. The largest absolute Gasteiger partial charge is 0.330 e. The average molecular weight is 453 g/mol. The number of Topliss-reactive ketones (excluding diaryl/α,β-unsaturated/α-hetero) is 1. The fourth-order valence-corrected chi connectivity index (χ4v) is 5.06. The van der Waals surface area contributed by atoms with Crippen LogP contribution in [0.15, 0.2) is 58.9 Å². The van der Waals surface area contributed by atoms with E-state index in [2.05, 4.69) is 15.5 Å². The number of aryl methyl sites for hydroxylation is 2. The number of carbonyl (C=O) groups excluding carboxylic acids is 1. The molecule has 2 aromatic heterocycles. The van der Waals surface area contributed by atoms with Crippen LogP contribution in [-0.4, -0.2) is 26.3 Å². The zero-order chi connectivity index (χ0) is 22.0. The van der Waals surface area contributed by atoms with E-state index in [0.29, 0.717) is 10.7 Å². The molecule has 1 N–H and O–H groups in total. The summed E-state index contributed by atoms with van der Waals surface area (Å²) >= 11 is 2.79. The van der Waals surface area contributed by atoms with Gasteiger partial charge in [0.2, 0.25) is 5.13 Å². The van der Waals surface area contributed by atoms with Gasteiger partial charge in [0.05, 0.1) is 5.75 Å². The number of rotatable bonds is 7. The van der Waals surface area contributed by atoms with Crippen molar-refractivity contribution in [1.29, 1.82) is 0 Å². The van der Waals surface area contributed by atoms with Crippen LogP contribution < -0.4 is 5.32 Å². The predicted molar refractivity (Wildman–Crippen MR) is 125 cm³/mol. The van der Waals surface area contributed by atoms with Crippen LogP contribution >= 0.6 is 23.1 Å². The van der Waals surface area contributed by atoms with Gasteiger partial charge in [-0.25, -0.2) is 4.39 Å². The summed E-state index contributed by atoms with van der Waals surface area (Å²) in [6, 6.07) is 16.2. The standard InChI is InChI=1S/C23H21FN4OS2/c1-14-5-4-6-18(11-14)25-22-26-27-23(31-22)30-13-21(29)20-12-15(2)28(16(20)3)19-9-7-17(24)8-10-19/h4-12H,13H2,1-3H3,(H,25,26). The van der Waals surface area contributed by atoms with E-state index >= 15 is 0 Å². The normalized spacial score (nSPS) is 11.0. The Balaban J connectivity index is 1.43. The van der Waals surface area contributed by atoms with Gasteiger partial charge in [-0.15, -0.1) is 10.2 Å². The SMILES string of the molecule is Cc1cccc(Nc2nnc(SCC(=O)c3cc(C)n(-c4ccc(F)cc4)c3C)s2)c1. The van der Waals surface area contributed by atoms with Crippen molar-refractivity contribution in [3.05, 3.63) is 82.9 Å². The second kappa shape index (κ2) is 9.03. The van der Waals surface area contributed by atoms with Gasteiger partial charge in [-0.1, -0.05) is 35.2 Å². The van der Waals surface area contributed by atoms with Gasteiger partial charge in [0.25, 0.3) is 0 Å². The Bertz CT molecular complexity index is 1230. The third-order valence-corrected chi connectivity index (χ3v) is 6.79. The van der Waals surface area contributed by atoms with E-state index in [1.807, 2.05) is 55.7 Å². The molecule has 8 heteroatoms. The van der Waals surface area contributed by atoms with Crippen molar-refractivity contribution in [3.63, 3.8) is 0 Å². The van der Waals surface area contributed by atoms with Gasteiger partial charge in [-0.05, 0) is 68.8 Å². The minimum atomic E-state index is -0.285. The van der Waals surface area contributed by atoms with E-state index < -0.39 is 0 Å². The third-order valence-electron chi connectivity index (χ3n) is 4.82. The number of anilines is 2. The first kappa shape index (κ1) is 21.3. The highest BCUT2D eigenvalue weighted by molar-refractivity contribution is 8.01. The second-order valence-corrected chi connectivity index (χ2v) is 9.38. The number of halogens is 1. The summed E-state index contributed by atoms with van der Waals surface area (Å²) in [6.07, 6.45) is 0. The summed E-state index contributed by atoms with van der Waals surface area (Å²) in [5.41, 5.74) is 5.38. The number of carbonyl (C=O) groups is 1.